The molecule has 7 heteroatoms. The first-order valence-corrected chi connectivity index (χ1v) is 4.19. The van der Waals surface area contributed by atoms with Crippen LogP contribution in [0, 0.1) is 6.92 Å². The fraction of sp³-hybridized carbons (Fsp3) is 0.333. The van der Waals surface area contributed by atoms with Gasteiger partial charge in [-0.05, 0) is 13.0 Å². The van der Waals surface area contributed by atoms with Crippen LogP contribution in [-0.2, 0) is 11.0 Å². The fourth-order valence-corrected chi connectivity index (χ4v) is 1.01. The van der Waals surface area contributed by atoms with Crippen LogP contribution >= 0.6 is 0 Å². The zero-order valence-corrected chi connectivity index (χ0v) is 8.21. The van der Waals surface area contributed by atoms with E-state index in [0.29, 0.717) is 6.07 Å². The molecule has 0 amide bonds. The lowest BCUT2D eigenvalue weighted by atomic mass is 10.2. The van der Waals surface area contributed by atoms with Crippen molar-refractivity contribution in [1.29, 1.82) is 0 Å². The van der Waals surface area contributed by atoms with Crippen LogP contribution < -0.4 is 4.74 Å². The van der Waals surface area contributed by atoms with E-state index in [-0.39, 0.29) is 11.6 Å². The summed E-state index contributed by atoms with van der Waals surface area (Å²) in [6.45, 7) is 0.636. The summed E-state index contributed by atoms with van der Waals surface area (Å²) >= 11 is 0. The summed E-state index contributed by atoms with van der Waals surface area (Å²) in [7, 11) is 0. The molecule has 0 atom stereocenters. The van der Waals surface area contributed by atoms with E-state index < -0.39 is 24.3 Å². The van der Waals surface area contributed by atoms with Gasteiger partial charge in [-0.15, -0.1) is 0 Å². The molecule has 0 saturated heterocycles. The molecule has 0 radical (unpaired) electrons. The summed E-state index contributed by atoms with van der Waals surface area (Å²) in [6.07, 6.45) is -4.50. The molecule has 88 valence electrons. The van der Waals surface area contributed by atoms with E-state index >= 15 is 0 Å². The summed E-state index contributed by atoms with van der Waals surface area (Å²) < 4.78 is 41.6. The zero-order chi connectivity index (χ0) is 12.3. The summed E-state index contributed by atoms with van der Waals surface area (Å²) in [6, 6.07) is 1.52. The summed E-state index contributed by atoms with van der Waals surface area (Å²) in [5.74, 6) is -1.63. The molecule has 0 fully saturated rings. The van der Waals surface area contributed by atoms with E-state index in [4.69, 9.17) is 5.11 Å². The molecular weight excluding hydrogens is 227 g/mol. The van der Waals surface area contributed by atoms with Crippen LogP contribution in [0.25, 0.3) is 0 Å². The van der Waals surface area contributed by atoms with E-state index in [0.717, 1.165) is 6.07 Å². The number of carboxylic acid groups (broad SMARTS) is 1. The number of pyridine rings is 1. The van der Waals surface area contributed by atoms with Crippen LogP contribution in [0.2, 0.25) is 0 Å². The van der Waals surface area contributed by atoms with E-state index in [1.54, 1.807) is 0 Å². The molecule has 0 aliphatic rings. The van der Waals surface area contributed by atoms with Crippen LogP contribution in [0.3, 0.4) is 0 Å². The molecular formula is C9H8F3NO3. The lowest BCUT2D eigenvalue weighted by molar-refractivity contribution is -0.139. The van der Waals surface area contributed by atoms with Gasteiger partial charge in [0.1, 0.15) is 0 Å². The van der Waals surface area contributed by atoms with Gasteiger partial charge in [-0.3, -0.25) is 0 Å². The van der Waals surface area contributed by atoms with Crippen LogP contribution in [0.4, 0.5) is 13.2 Å². The van der Waals surface area contributed by atoms with E-state index in [1.807, 2.05) is 0 Å². The topological polar surface area (TPSA) is 59.4 Å². The van der Waals surface area contributed by atoms with Crippen molar-refractivity contribution in [3.8, 4) is 5.88 Å². The van der Waals surface area contributed by atoms with Crippen LogP contribution in [0.15, 0.2) is 12.1 Å². The van der Waals surface area contributed by atoms with E-state index in [1.165, 1.54) is 6.92 Å². The van der Waals surface area contributed by atoms with Gasteiger partial charge >= 0.3 is 12.1 Å². The highest BCUT2D eigenvalue weighted by Crippen LogP contribution is 2.31. The van der Waals surface area contributed by atoms with Crippen molar-refractivity contribution in [1.82, 2.24) is 4.98 Å². The SMILES string of the molecule is Cc1cc(C(F)(F)F)cc(OCC(=O)O)n1. The Labute approximate surface area is 88.7 Å². The average Bonchev–Trinajstić information content (AvgIpc) is 2.12. The van der Waals surface area contributed by atoms with Crippen molar-refractivity contribution >= 4 is 5.97 Å². The number of hydrogen-bond acceptors (Lipinski definition) is 3. The standard InChI is InChI=1S/C9H8F3NO3/c1-5-2-6(9(10,11)12)3-7(13-5)16-4-8(14)15/h2-3H,4H2,1H3,(H,14,15). The monoisotopic (exact) mass is 235 g/mol. The quantitative estimate of drug-likeness (QED) is 0.868. The van der Waals surface area contributed by atoms with E-state index in [2.05, 4.69) is 9.72 Å². The van der Waals surface area contributed by atoms with Crippen LogP contribution in [0.1, 0.15) is 11.3 Å². The highest BCUT2D eigenvalue weighted by molar-refractivity contribution is 5.68. The number of aryl methyl sites for hydroxylation is 1. The van der Waals surface area contributed by atoms with Gasteiger partial charge in [0.05, 0.1) is 5.56 Å². The van der Waals surface area contributed by atoms with Gasteiger partial charge in [0.15, 0.2) is 6.61 Å². The molecule has 1 rings (SSSR count). The Morgan fingerprint density at radius 2 is 2.12 bits per heavy atom. The third-order valence-electron chi connectivity index (χ3n) is 1.60. The molecule has 1 aromatic rings. The minimum atomic E-state index is -4.50. The van der Waals surface area contributed by atoms with Crippen molar-refractivity contribution in [2.24, 2.45) is 0 Å². The van der Waals surface area contributed by atoms with Crippen molar-refractivity contribution in [3.63, 3.8) is 0 Å². The number of halogens is 3. The first-order valence-electron chi connectivity index (χ1n) is 4.19. The van der Waals surface area contributed by atoms with Gasteiger partial charge in [0.25, 0.3) is 0 Å². The van der Waals surface area contributed by atoms with Gasteiger partial charge in [0.2, 0.25) is 5.88 Å². The van der Waals surface area contributed by atoms with E-state index in [9.17, 15) is 18.0 Å². The normalized spacial score (nSPS) is 11.2. The lowest BCUT2D eigenvalue weighted by Crippen LogP contribution is -2.12. The smallest absolute Gasteiger partial charge is 0.416 e. The highest BCUT2D eigenvalue weighted by atomic mass is 19.4. The number of ether oxygens (including phenoxy) is 1. The van der Waals surface area contributed by atoms with Gasteiger partial charge in [-0.1, -0.05) is 0 Å². The van der Waals surface area contributed by atoms with Gasteiger partial charge in [0, 0.05) is 11.8 Å². The number of aliphatic carboxylic acids is 1. The molecule has 0 aliphatic carbocycles. The number of nitrogens with zero attached hydrogens (tertiary/aromatic N) is 1. The number of hydrogen-bond donors (Lipinski definition) is 1. The maximum absolute atomic E-state index is 12.3. The number of rotatable bonds is 3. The molecule has 0 saturated carbocycles. The first kappa shape index (κ1) is 12.3. The number of carbonyl (C=O) groups is 1. The molecule has 0 spiro atoms. The maximum atomic E-state index is 12.3. The molecule has 4 nitrogen and oxygen atoms in total. The molecule has 0 aliphatic heterocycles. The Bertz CT molecular complexity index is 403. The summed E-state index contributed by atoms with van der Waals surface area (Å²) in [5.41, 5.74) is -0.810. The zero-order valence-electron chi connectivity index (χ0n) is 8.21. The Morgan fingerprint density at radius 1 is 1.50 bits per heavy atom. The second-order valence-electron chi connectivity index (χ2n) is 3.02. The van der Waals surface area contributed by atoms with Gasteiger partial charge < -0.3 is 9.84 Å². The molecule has 1 N–H and O–H groups in total. The second-order valence-corrected chi connectivity index (χ2v) is 3.02. The Kier molecular flexibility index (Phi) is 3.36. The Morgan fingerprint density at radius 3 is 2.62 bits per heavy atom. The Hall–Kier alpha value is -1.79. The van der Waals surface area contributed by atoms with Crippen LogP contribution in [-0.4, -0.2) is 22.7 Å². The summed E-state index contributed by atoms with van der Waals surface area (Å²) in [4.78, 5) is 13.8. The molecule has 0 bridgehead atoms. The number of alkyl halides is 3. The first-order chi connectivity index (χ1) is 7.29. The fourth-order valence-electron chi connectivity index (χ4n) is 1.01. The third kappa shape index (κ3) is 3.41. The van der Waals surface area contributed by atoms with Crippen molar-refractivity contribution < 1.29 is 27.8 Å². The number of carboxylic acids is 1. The molecule has 0 aromatic carbocycles. The van der Waals surface area contributed by atoms with Gasteiger partial charge in [-0.25, -0.2) is 9.78 Å². The van der Waals surface area contributed by atoms with Crippen molar-refractivity contribution in [2.75, 3.05) is 6.61 Å². The predicted molar refractivity (Wildman–Crippen MR) is 47.1 cm³/mol. The minimum Gasteiger partial charge on any atom is -0.479 e. The van der Waals surface area contributed by atoms with Gasteiger partial charge in [-0.2, -0.15) is 13.2 Å². The third-order valence-corrected chi connectivity index (χ3v) is 1.60. The van der Waals surface area contributed by atoms with Crippen LogP contribution in [0.5, 0.6) is 5.88 Å². The maximum Gasteiger partial charge on any atom is 0.416 e. The molecule has 16 heavy (non-hydrogen) atoms. The minimum absolute atomic E-state index is 0.107. The lowest BCUT2D eigenvalue weighted by Gasteiger charge is -2.09. The molecule has 1 aromatic heterocycles. The molecule has 1 heterocycles. The summed E-state index contributed by atoms with van der Waals surface area (Å²) in [5, 5.41) is 8.30. The average molecular weight is 235 g/mol. The Balaban J connectivity index is 2.94. The predicted octanol–water partition coefficient (Wildman–Crippen LogP) is 1.87. The second kappa shape index (κ2) is 4.38. The highest BCUT2D eigenvalue weighted by Gasteiger charge is 2.31. The molecule has 0 unspecified atom stereocenters. The number of aromatic nitrogens is 1. The van der Waals surface area contributed by atoms with Crippen molar-refractivity contribution in [3.05, 3.63) is 23.4 Å². The van der Waals surface area contributed by atoms with Crippen molar-refractivity contribution in [2.45, 2.75) is 13.1 Å². The largest absolute Gasteiger partial charge is 0.479 e.